The number of carbonyl (C=O) groups excluding carboxylic acids is 2. The van der Waals surface area contributed by atoms with Gasteiger partial charge in [-0.15, -0.1) is 0 Å². The molecule has 0 aliphatic heterocycles. The molecule has 2 heterocycles. The molecule has 3 aromatic rings. The Morgan fingerprint density at radius 3 is 2.77 bits per heavy atom. The van der Waals surface area contributed by atoms with Crippen LogP contribution in [0.25, 0.3) is 16.7 Å². The largest absolute Gasteiger partial charge is 0.466 e. The topological polar surface area (TPSA) is 107 Å². The molecule has 0 radical (unpaired) electrons. The lowest BCUT2D eigenvalue weighted by Gasteiger charge is -2.04. The van der Waals surface area contributed by atoms with Crippen LogP contribution in [0.2, 0.25) is 0 Å². The molecule has 9 heteroatoms. The maximum Gasteiger partial charge on any atom is 0.313 e. The summed E-state index contributed by atoms with van der Waals surface area (Å²) in [6, 6.07) is 9.31. The van der Waals surface area contributed by atoms with Gasteiger partial charge in [-0.25, -0.2) is 9.67 Å². The van der Waals surface area contributed by atoms with Crippen LogP contribution in [0, 0.1) is 0 Å². The SMILES string of the molecule is CCOC(=O)CC(=O)CSc1nc2c(cnn2-c2ccccc2)c(=O)[nH]1. The number of para-hydroxylation sites is 1. The first-order valence-electron chi connectivity index (χ1n) is 7.92. The quantitative estimate of drug-likeness (QED) is 0.291. The molecule has 0 saturated heterocycles. The van der Waals surface area contributed by atoms with E-state index in [0.29, 0.717) is 11.0 Å². The summed E-state index contributed by atoms with van der Waals surface area (Å²) < 4.78 is 6.31. The number of ether oxygens (including phenoxy) is 1. The fourth-order valence-corrected chi connectivity index (χ4v) is 3.01. The van der Waals surface area contributed by atoms with Crippen LogP contribution in [0.5, 0.6) is 0 Å². The van der Waals surface area contributed by atoms with E-state index in [4.69, 9.17) is 4.74 Å². The van der Waals surface area contributed by atoms with Gasteiger partial charge in [-0.1, -0.05) is 30.0 Å². The van der Waals surface area contributed by atoms with Crippen LogP contribution in [-0.2, 0) is 14.3 Å². The summed E-state index contributed by atoms with van der Waals surface area (Å²) in [6.45, 7) is 1.91. The first-order chi connectivity index (χ1) is 12.6. The molecule has 26 heavy (non-hydrogen) atoms. The molecular formula is C17H16N4O4S. The number of fused-ring (bicyclic) bond motifs is 1. The summed E-state index contributed by atoms with van der Waals surface area (Å²) in [7, 11) is 0. The molecule has 2 aromatic heterocycles. The lowest BCUT2D eigenvalue weighted by molar-refractivity contribution is -0.145. The molecule has 3 rings (SSSR count). The molecule has 0 aliphatic rings. The van der Waals surface area contributed by atoms with E-state index in [0.717, 1.165) is 17.4 Å². The standard InChI is InChI=1S/C17H16N4O4S/c1-2-25-14(23)8-12(22)10-26-17-19-15-13(16(24)20-17)9-18-21(15)11-6-4-3-5-7-11/h3-7,9H,2,8,10H2,1H3,(H,19,20,24). The zero-order valence-electron chi connectivity index (χ0n) is 14.0. The molecule has 0 fully saturated rings. The number of esters is 1. The van der Waals surface area contributed by atoms with Crippen LogP contribution in [0.3, 0.4) is 0 Å². The van der Waals surface area contributed by atoms with Crippen molar-refractivity contribution in [1.82, 2.24) is 19.7 Å². The first-order valence-corrected chi connectivity index (χ1v) is 8.90. The van der Waals surface area contributed by atoms with Crippen molar-refractivity contribution in [3.63, 3.8) is 0 Å². The summed E-state index contributed by atoms with van der Waals surface area (Å²) >= 11 is 1.06. The van der Waals surface area contributed by atoms with Gasteiger partial charge in [0.05, 0.1) is 24.2 Å². The monoisotopic (exact) mass is 372 g/mol. The number of benzene rings is 1. The Kier molecular flexibility index (Phi) is 5.47. The van der Waals surface area contributed by atoms with Crippen molar-refractivity contribution in [1.29, 1.82) is 0 Å². The fourth-order valence-electron chi connectivity index (χ4n) is 2.30. The number of Topliss-reactive ketones (excluding diaryl/α,β-unsaturated/α-hetero) is 1. The summed E-state index contributed by atoms with van der Waals surface area (Å²) in [6.07, 6.45) is 1.16. The third-order valence-corrected chi connectivity index (χ3v) is 4.37. The number of ketones is 1. The van der Waals surface area contributed by atoms with E-state index in [2.05, 4.69) is 15.1 Å². The van der Waals surface area contributed by atoms with Crippen LogP contribution < -0.4 is 5.56 Å². The third-order valence-electron chi connectivity index (χ3n) is 3.43. The van der Waals surface area contributed by atoms with Crippen molar-refractivity contribution in [2.24, 2.45) is 0 Å². The van der Waals surface area contributed by atoms with Crippen LogP contribution >= 0.6 is 11.8 Å². The number of hydrogen-bond donors (Lipinski definition) is 1. The van der Waals surface area contributed by atoms with E-state index in [-0.39, 0.29) is 35.3 Å². The molecule has 1 N–H and O–H groups in total. The lowest BCUT2D eigenvalue weighted by atomic mass is 10.3. The van der Waals surface area contributed by atoms with Crippen LogP contribution in [0.15, 0.2) is 46.5 Å². The number of nitrogens with zero attached hydrogens (tertiary/aromatic N) is 3. The van der Waals surface area contributed by atoms with Gasteiger partial charge in [0, 0.05) is 0 Å². The second-order valence-electron chi connectivity index (χ2n) is 5.31. The Morgan fingerprint density at radius 2 is 2.04 bits per heavy atom. The maximum atomic E-state index is 12.2. The van der Waals surface area contributed by atoms with E-state index in [1.807, 2.05) is 30.3 Å². The minimum atomic E-state index is -0.558. The molecule has 8 nitrogen and oxygen atoms in total. The molecule has 0 aliphatic carbocycles. The van der Waals surface area contributed by atoms with Crippen molar-refractivity contribution < 1.29 is 14.3 Å². The van der Waals surface area contributed by atoms with Crippen LogP contribution in [0.4, 0.5) is 0 Å². The minimum absolute atomic E-state index is 0.00668. The normalized spacial score (nSPS) is 10.8. The highest BCUT2D eigenvalue weighted by Crippen LogP contribution is 2.18. The van der Waals surface area contributed by atoms with Gasteiger partial charge in [0.25, 0.3) is 5.56 Å². The molecular weight excluding hydrogens is 356 g/mol. The Morgan fingerprint density at radius 1 is 1.27 bits per heavy atom. The van der Waals surface area contributed by atoms with Gasteiger partial charge in [0.15, 0.2) is 16.6 Å². The third kappa shape index (κ3) is 3.99. The van der Waals surface area contributed by atoms with Crippen molar-refractivity contribution in [2.75, 3.05) is 12.4 Å². The molecule has 0 atom stereocenters. The molecule has 0 saturated carbocycles. The average molecular weight is 372 g/mol. The molecule has 0 bridgehead atoms. The van der Waals surface area contributed by atoms with Gasteiger partial charge in [-0.2, -0.15) is 5.10 Å². The zero-order chi connectivity index (χ0) is 18.5. The first kappa shape index (κ1) is 17.9. The minimum Gasteiger partial charge on any atom is -0.466 e. The van der Waals surface area contributed by atoms with Crippen LogP contribution in [0.1, 0.15) is 13.3 Å². The van der Waals surface area contributed by atoms with Crippen molar-refractivity contribution in [3.8, 4) is 5.69 Å². The van der Waals surface area contributed by atoms with Crippen molar-refractivity contribution >= 4 is 34.5 Å². The second-order valence-corrected chi connectivity index (χ2v) is 6.27. The smallest absolute Gasteiger partial charge is 0.313 e. The predicted octanol–water partition coefficient (Wildman–Crippen LogP) is 1.72. The summed E-state index contributed by atoms with van der Waals surface area (Å²) in [5.74, 6) is -0.850. The Labute approximate surface area is 152 Å². The van der Waals surface area contributed by atoms with Gasteiger partial charge < -0.3 is 9.72 Å². The maximum absolute atomic E-state index is 12.2. The van der Waals surface area contributed by atoms with Crippen LogP contribution in [-0.4, -0.2) is 43.9 Å². The molecule has 0 spiro atoms. The summed E-state index contributed by atoms with van der Waals surface area (Å²) in [5.41, 5.74) is 0.841. The number of carbonyl (C=O) groups is 2. The van der Waals surface area contributed by atoms with Gasteiger partial charge in [-0.3, -0.25) is 14.4 Å². The van der Waals surface area contributed by atoms with E-state index >= 15 is 0 Å². The molecule has 0 unspecified atom stereocenters. The number of aromatic nitrogens is 4. The van der Waals surface area contributed by atoms with E-state index < -0.39 is 5.97 Å². The number of hydrogen-bond acceptors (Lipinski definition) is 7. The molecule has 134 valence electrons. The highest BCUT2D eigenvalue weighted by molar-refractivity contribution is 7.99. The van der Waals surface area contributed by atoms with E-state index in [1.165, 1.54) is 6.20 Å². The summed E-state index contributed by atoms with van der Waals surface area (Å²) in [5, 5.41) is 4.87. The van der Waals surface area contributed by atoms with Crippen molar-refractivity contribution in [2.45, 2.75) is 18.5 Å². The highest BCUT2D eigenvalue weighted by Gasteiger charge is 2.14. The lowest BCUT2D eigenvalue weighted by Crippen LogP contribution is -2.14. The summed E-state index contributed by atoms with van der Waals surface area (Å²) in [4.78, 5) is 42.4. The Hall–Kier alpha value is -2.94. The number of aromatic amines is 1. The zero-order valence-corrected chi connectivity index (χ0v) is 14.8. The molecule has 1 aromatic carbocycles. The van der Waals surface area contributed by atoms with Gasteiger partial charge >= 0.3 is 5.97 Å². The average Bonchev–Trinajstić information content (AvgIpc) is 3.05. The Bertz CT molecular complexity index is 997. The van der Waals surface area contributed by atoms with Gasteiger partial charge in [0.1, 0.15) is 11.8 Å². The predicted molar refractivity (Wildman–Crippen MR) is 96.5 cm³/mol. The number of H-pyrrole nitrogens is 1. The highest BCUT2D eigenvalue weighted by atomic mass is 32.2. The molecule has 0 amide bonds. The Balaban J connectivity index is 1.81. The number of nitrogens with one attached hydrogen (secondary N) is 1. The van der Waals surface area contributed by atoms with Crippen molar-refractivity contribution in [3.05, 3.63) is 46.9 Å². The van der Waals surface area contributed by atoms with E-state index in [1.54, 1.807) is 11.6 Å². The van der Waals surface area contributed by atoms with Gasteiger partial charge in [-0.05, 0) is 19.1 Å². The number of rotatable bonds is 7. The van der Waals surface area contributed by atoms with Gasteiger partial charge in [0.2, 0.25) is 0 Å². The van der Waals surface area contributed by atoms with E-state index in [9.17, 15) is 14.4 Å². The second kappa shape index (κ2) is 7.96. The number of thioether (sulfide) groups is 1. The fraction of sp³-hybridized carbons (Fsp3) is 0.235.